The van der Waals surface area contributed by atoms with Gasteiger partial charge in [0.2, 0.25) is 0 Å². The normalized spacial score (nSPS) is 49.2. The lowest BCUT2D eigenvalue weighted by atomic mass is 9.87. The van der Waals surface area contributed by atoms with Crippen LogP contribution in [-0.2, 0) is 23.7 Å². The number of nitrogens with one attached hydrogen (secondary N) is 2. The van der Waals surface area contributed by atoms with Crippen LogP contribution in [0.25, 0.3) is 0 Å². The molecule has 3 heterocycles. The fourth-order valence-electron chi connectivity index (χ4n) is 6.05. The van der Waals surface area contributed by atoms with Crippen molar-refractivity contribution in [3.63, 3.8) is 0 Å². The van der Waals surface area contributed by atoms with Crippen molar-refractivity contribution in [3.05, 3.63) is 0 Å². The highest BCUT2D eigenvalue weighted by molar-refractivity contribution is 5.01. The Bertz CT molecular complexity index is 817. The van der Waals surface area contributed by atoms with Crippen LogP contribution in [0.4, 0.5) is 0 Å². The molecule has 0 amide bonds. The molecular weight excluding hydrogens is 546 g/mol. The Balaban J connectivity index is 1.41. The maximum Gasteiger partial charge on any atom is 0.189 e. The lowest BCUT2D eigenvalue weighted by molar-refractivity contribution is -0.372. The summed E-state index contributed by atoms with van der Waals surface area (Å²) in [6.07, 6.45) is -10.5. The smallest absolute Gasteiger partial charge is 0.189 e. The van der Waals surface area contributed by atoms with Crippen LogP contribution in [0.3, 0.4) is 0 Å². The fourth-order valence-corrected chi connectivity index (χ4v) is 6.05. The quantitative estimate of drug-likeness (QED) is 0.112. The Hall–Kier alpha value is -0.680. The molecule has 0 radical (unpaired) electrons. The summed E-state index contributed by atoms with van der Waals surface area (Å²) in [5.41, 5.74) is 29.8. The largest absolute Gasteiger partial charge is 0.394 e. The third-order valence-electron chi connectivity index (χ3n) is 8.60. The Labute approximate surface area is 238 Å². The van der Waals surface area contributed by atoms with Crippen molar-refractivity contribution in [2.75, 3.05) is 26.7 Å². The summed E-state index contributed by atoms with van der Waals surface area (Å²) in [4.78, 5) is 0. The second-order valence-electron chi connectivity index (χ2n) is 11.5. The second kappa shape index (κ2) is 14.4. The van der Waals surface area contributed by atoms with Crippen LogP contribution in [0, 0.1) is 0 Å². The van der Waals surface area contributed by atoms with Gasteiger partial charge in [-0.15, -0.1) is 0 Å². The Morgan fingerprint density at radius 2 is 1.49 bits per heavy atom. The molecule has 1 saturated carbocycles. The van der Waals surface area contributed by atoms with Gasteiger partial charge < -0.3 is 88.5 Å². The standard InChI is InChI=1S/C24H49N7O10/c1-30-17-19(35)21-14(3-11(29)22(40-21)37-13-4-12(33)9(27)2-10(13)28)38-23(17)41-24-20(36)18(34)16(15(7-32)39-24)31-8(5-25)6-26/h8-24,30-36H,2-7,25-29H2,1H3/t9-,10?,11?,12?,13+,14+,15?,16-,17?,18?,19?,20?,21?,22+,23?,24-/m1/s1. The molecule has 10 unspecified atom stereocenters. The van der Waals surface area contributed by atoms with E-state index in [1.807, 2.05) is 0 Å². The van der Waals surface area contributed by atoms with E-state index in [1.54, 1.807) is 7.05 Å². The number of rotatable bonds is 10. The number of likely N-dealkylation sites (N-methyl/N-ethyl adjacent to an activating group) is 1. The predicted molar refractivity (Wildman–Crippen MR) is 142 cm³/mol. The molecule has 0 aromatic heterocycles. The lowest BCUT2D eigenvalue weighted by Crippen LogP contribution is -2.70. The number of hydrogen-bond acceptors (Lipinski definition) is 17. The van der Waals surface area contributed by atoms with Gasteiger partial charge in [-0.2, -0.15) is 0 Å². The molecular formula is C24H49N7O10. The summed E-state index contributed by atoms with van der Waals surface area (Å²) in [5.74, 6) is 0. The van der Waals surface area contributed by atoms with Gasteiger partial charge in [-0.25, -0.2) is 0 Å². The van der Waals surface area contributed by atoms with E-state index in [9.17, 15) is 25.5 Å². The van der Waals surface area contributed by atoms with Gasteiger partial charge in [0, 0.05) is 37.6 Å². The summed E-state index contributed by atoms with van der Waals surface area (Å²) in [6, 6.07) is -3.60. The van der Waals surface area contributed by atoms with Crippen LogP contribution < -0.4 is 39.3 Å². The third-order valence-corrected chi connectivity index (χ3v) is 8.60. The van der Waals surface area contributed by atoms with E-state index in [0.717, 1.165) is 0 Å². The summed E-state index contributed by atoms with van der Waals surface area (Å²) in [6.45, 7) is -0.142. The van der Waals surface area contributed by atoms with Gasteiger partial charge in [0.05, 0.1) is 43.0 Å². The van der Waals surface area contributed by atoms with Crippen molar-refractivity contribution in [1.82, 2.24) is 10.6 Å². The van der Waals surface area contributed by atoms with Gasteiger partial charge >= 0.3 is 0 Å². The van der Waals surface area contributed by atoms with Gasteiger partial charge in [0.15, 0.2) is 18.9 Å². The van der Waals surface area contributed by atoms with E-state index in [4.69, 9.17) is 52.4 Å². The zero-order chi connectivity index (χ0) is 30.0. The fraction of sp³-hybridized carbons (Fsp3) is 1.00. The minimum Gasteiger partial charge on any atom is -0.394 e. The molecule has 3 saturated heterocycles. The van der Waals surface area contributed by atoms with Crippen LogP contribution in [0.15, 0.2) is 0 Å². The van der Waals surface area contributed by atoms with Crippen LogP contribution in [0.2, 0.25) is 0 Å². The Kier molecular flexibility index (Phi) is 11.7. The summed E-state index contributed by atoms with van der Waals surface area (Å²) >= 11 is 0. The molecule has 4 fully saturated rings. The minimum absolute atomic E-state index is 0.174. The molecule has 240 valence electrons. The first-order valence-corrected chi connectivity index (χ1v) is 14.2. The molecule has 0 aromatic carbocycles. The number of aliphatic hydroxyl groups is 5. The van der Waals surface area contributed by atoms with Crippen LogP contribution in [0.1, 0.15) is 19.3 Å². The number of hydrogen-bond donors (Lipinski definition) is 12. The van der Waals surface area contributed by atoms with Gasteiger partial charge in [-0.3, -0.25) is 0 Å². The van der Waals surface area contributed by atoms with Crippen LogP contribution >= 0.6 is 0 Å². The molecule has 0 aromatic rings. The number of aliphatic hydroxyl groups excluding tert-OH is 5. The van der Waals surface area contributed by atoms with E-state index in [2.05, 4.69) is 10.6 Å². The van der Waals surface area contributed by atoms with Crippen molar-refractivity contribution in [2.45, 2.75) is 123 Å². The molecule has 4 rings (SSSR count). The summed E-state index contributed by atoms with van der Waals surface area (Å²) in [5, 5.41) is 59.0. The first-order valence-electron chi connectivity index (χ1n) is 14.2. The zero-order valence-electron chi connectivity index (χ0n) is 23.2. The molecule has 1 aliphatic carbocycles. The molecule has 17 nitrogen and oxygen atoms in total. The molecule has 41 heavy (non-hydrogen) atoms. The van der Waals surface area contributed by atoms with Gasteiger partial charge in [0.25, 0.3) is 0 Å². The van der Waals surface area contributed by atoms with Crippen molar-refractivity contribution >= 4 is 0 Å². The molecule has 0 bridgehead atoms. The van der Waals surface area contributed by atoms with E-state index in [1.165, 1.54) is 0 Å². The average Bonchev–Trinajstić information content (AvgIpc) is 2.94. The highest BCUT2D eigenvalue weighted by Crippen LogP contribution is 2.35. The maximum absolute atomic E-state index is 11.3. The maximum atomic E-state index is 11.3. The lowest BCUT2D eigenvalue weighted by Gasteiger charge is -2.51. The van der Waals surface area contributed by atoms with Crippen LogP contribution in [-0.4, -0.2) is 156 Å². The Morgan fingerprint density at radius 1 is 0.780 bits per heavy atom. The first-order chi connectivity index (χ1) is 19.5. The third kappa shape index (κ3) is 7.18. The molecule has 17 heteroatoms. The van der Waals surface area contributed by atoms with Crippen LogP contribution in [0.5, 0.6) is 0 Å². The highest BCUT2D eigenvalue weighted by atomic mass is 16.8. The van der Waals surface area contributed by atoms with Crippen molar-refractivity contribution in [1.29, 1.82) is 0 Å². The molecule has 4 aliphatic rings. The SMILES string of the molecule is CNC1C(O[C@H]2OC(CO)[C@@H](NC(CN)CN)C(O)C2O)O[C@H]2CC(N)[C@@H](O[C@H]3CC(O)[C@H](N)CC3N)OC2C1O. The highest BCUT2D eigenvalue weighted by Gasteiger charge is 2.54. The van der Waals surface area contributed by atoms with E-state index in [0.29, 0.717) is 6.42 Å². The monoisotopic (exact) mass is 595 g/mol. The zero-order valence-corrected chi connectivity index (χ0v) is 23.2. The topological polar surface area (TPSA) is 301 Å². The molecule has 17 N–H and O–H groups in total. The van der Waals surface area contributed by atoms with Gasteiger partial charge in [0.1, 0.15) is 30.5 Å². The summed E-state index contributed by atoms with van der Waals surface area (Å²) < 4.78 is 30.0. The second-order valence-corrected chi connectivity index (χ2v) is 11.5. The van der Waals surface area contributed by atoms with Crippen molar-refractivity contribution in [3.8, 4) is 0 Å². The number of nitrogens with two attached hydrogens (primary N) is 5. The Morgan fingerprint density at radius 3 is 2.12 bits per heavy atom. The van der Waals surface area contributed by atoms with Crippen molar-refractivity contribution < 1.29 is 49.2 Å². The number of ether oxygens (including phenoxy) is 5. The first kappa shape index (κ1) is 33.2. The van der Waals surface area contributed by atoms with Gasteiger partial charge in [-0.05, 0) is 19.9 Å². The van der Waals surface area contributed by atoms with Crippen molar-refractivity contribution in [2.24, 2.45) is 28.7 Å². The van der Waals surface area contributed by atoms with E-state index in [-0.39, 0.29) is 32.0 Å². The summed E-state index contributed by atoms with van der Waals surface area (Å²) in [7, 11) is 1.59. The van der Waals surface area contributed by atoms with E-state index >= 15 is 0 Å². The minimum atomic E-state index is -1.53. The number of fused-ring (bicyclic) bond motifs is 1. The van der Waals surface area contributed by atoms with Gasteiger partial charge in [-0.1, -0.05) is 0 Å². The molecule has 16 atom stereocenters. The molecule has 3 aliphatic heterocycles. The predicted octanol–water partition coefficient (Wildman–Crippen LogP) is -7.00. The molecule has 0 spiro atoms. The van der Waals surface area contributed by atoms with E-state index < -0.39 is 105 Å². The average molecular weight is 596 g/mol.